The topological polar surface area (TPSA) is 37.3 Å². The van der Waals surface area contributed by atoms with Gasteiger partial charge in [-0.05, 0) is 99.2 Å². The number of ketones is 1. The molecule has 0 aromatic carbocycles. The lowest BCUT2D eigenvalue weighted by atomic mass is 9.44. The van der Waals surface area contributed by atoms with E-state index in [9.17, 15) is 9.90 Å². The van der Waals surface area contributed by atoms with E-state index in [1.54, 1.807) is 5.57 Å². The molecule has 0 aliphatic heterocycles. The van der Waals surface area contributed by atoms with Gasteiger partial charge in [-0.15, -0.1) is 0 Å². The minimum absolute atomic E-state index is 0.106. The lowest BCUT2D eigenvalue weighted by Gasteiger charge is -2.60. The highest BCUT2D eigenvalue weighted by molar-refractivity contribution is 5.85. The molecule has 5 aliphatic carbocycles. The average molecular weight is 369 g/mol. The molecular weight excluding hydrogens is 332 g/mol. The first-order chi connectivity index (χ1) is 12.8. The number of aliphatic hydroxyl groups is 1. The van der Waals surface area contributed by atoms with Gasteiger partial charge in [0, 0.05) is 5.41 Å². The molecule has 2 nitrogen and oxygen atoms in total. The Morgan fingerprint density at radius 2 is 1.93 bits per heavy atom. The Bertz CT molecular complexity index is 720. The van der Waals surface area contributed by atoms with Gasteiger partial charge in [-0.25, -0.2) is 0 Å². The Hall–Kier alpha value is -0.890. The Kier molecular flexibility index (Phi) is 3.91. The molecule has 0 aromatic heterocycles. The molecule has 0 spiro atoms. The summed E-state index contributed by atoms with van der Waals surface area (Å²) in [5.74, 6) is 3.18. The number of carbonyl (C=O) groups is 1. The SMILES string of the molecule is CC(=O)[C@]12CC=CC[C@@H]1C[C@H]1[C@@H]3CC=C4C[C@@H](O)CC[C@]4(C)[C@H]3CC[C@@]12C. The quantitative estimate of drug-likeness (QED) is 0.624. The van der Waals surface area contributed by atoms with E-state index in [1.807, 2.05) is 6.92 Å². The van der Waals surface area contributed by atoms with Crippen LogP contribution in [0.2, 0.25) is 0 Å². The Morgan fingerprint density at radius 3 is 2.70 bits per heavy atom. The van der Waals surface area contributed by atoms with E-state index < -0.39 is 0 Å². The molecule has 2 heteroatoms. The van der Waals surface area contributed by atoms with Crippen molar-refractivity contribution in [2.45, 2.75) is 84.7 Å². The number of hydrogen-bond acceptors (Lipinski definition) is 2. The van der Waals surface area contributed by atoms with Gasteiger partial charge in [0.1, 0.15) is 5.78 Å². The molecule has 3 saturated carbocycles. The van der Waals surface area contributed by atoms with Crippen LogP contribution in [0.15, 0.2) is 23.8 Å². The third-order valence-electron chi connectivity index (χ3n) is 10.4. The summed E-state index contributed by atoms with van der Waals surface area (Å²) in [6.07, 6.45) is 17.0. The van der Waals surface area contributed by atoms with Crippen molar-refractivity contribution < 1.29 is 9.90 Å². The fourth-order valence-corrected chi connectivity index (χ4v) is 8.98. The zero-order valence-electron chi connectivity index (χ0n) is 17.3. The van der Waals surface area contributed by atoms with Crippen LogP contribution in [0.25, 0.3) is 0 Å². The second-order valence-corrected chi connectivity index (χ2v) is 11.0. The van der Waals surface area contributed by atoms with Crippen molar-refractivity contribution in [3.05, 3.63) is 23.8 Å². The van der Waals surface area contributed by atoms with E-state index in [0.717, 1.165) is 43.9 Å². The lowest BCUT2D eigenvalue weighted by Crippen LogP contribution is -2.54. The van der Waals surface area contributed by atoms with E-state index in [-0.39, 0.29) is 16.9 Å². The molecule has 1 N–H and O–H groups in total. The van der Waals surface area contributed by atoms with Gasteiger partial charge in [0.2, 0.25) is 0 Å². The van der Waals surface area contributed by atoms with E-state index in [4.69, 9.17) is 0 Å². The van der Waals surface area contributed by atoms with Crippen LogP contribution in [-0.4, -0.2) is 17.0 Å². The largest absolute Gasteiger partial charge is 0.393 e. The maximum Gasteiger partial charge on any atom is 0.137 e. The summed E-state index contributed by atoms with van der Waals surface area (Å²) in [6, 6.07) is 0. The van der Waals surface area contributed by atoms with E-state index in [0.29, 0.717) is 23.0 Å². The molecule has 8 atom stereocenters. The van der Waals surface area contributed by atoms with Crippen LogP contribution in [0.3, 0.4) is 0 Å². The predicted octanol–water partition coefficient (Wildman–Crippen LogP) is 5.46. The molecule has 0 amide bonds. The van der Waals surface area contributed by atoms with Crippen LogP contribution in [0.1, 0.15) is 78.6 Å². The molecule has 0 saturated heterocycles. The molecule has 27 heavy (non-hydrogen) atoms. The maximum absolute atomic E-state index is 13.1. The summed E-state index contributed by atoms with van der Waals surface area (Å²) in [7, 11) is 0. The molecule has 0 bridgehead atoms. The van der Waals surface area contributed by atoms with Crippen molar-refractivity contribution >= 4 is 5.78 Å². The number of hydrogen-bond donors (Lipinski definition) is 1. The third kappa shape index (κ3) is 2.14. The van der Waals surface area contributed by atoms with Crippen LogP contribution in [0, 0.1) is 39.9 Å². The van der Waals surface area contributed by atoms with E-state index in [2.05, 4.69) is 32.1 Å². The van der Waals surface area contributed by atoms with Gasteiger partial charge < -0.3 is 5.11 Å². The van der Waals surface area contributed by atoms with Gasteiger partial charge in [-0.1, -0.05) is 37.6 Å². The molecule has 3 fully saturated rings. The number of aliphatic hydroxyl groups excluding tert-OH is 1. The molecule has 0 unspecified atom stereocenters. The smallest absolute Gasteiger partial charge is 0.137 e. The summed E-state index contributed by atoms with van der Waals surface area (Å²) in [6.45, 7) is 6.86. The molecule has 0 radical (unpaired) electrons. The first-order valence-electron chi connectivity index (χ1n) is 11.4. The lowest BCUT2D eigenvalue weighted by molar-refractivity contribution is -0.144. The van der Waals surface area contributed by atoms with Crippen LogP contribution in [0.5, 0.6) is 0 Å². The summed E-state index contributed by atoms with van der Waals surface area (Å²) < 4.78 is 0. The number of allylic oxidation sites excluding steroid dienone is 3. The third-order valence-corrected chi connectivity index (χ3v) is 10.4. The highest BCUT2D eigenvalue weighted by Crippen LogP contribution is 2.73. The summed E-state index contributed by atoms with van der Waals surface area (Å²) in [4.78, 5) is 13.1. The second-order valence-electron chi connectivity index (χ2n) is 11.0. The zero-order chi connectivity index (χ0) is 19.0. The number of carbonyl (C=O) groups excluding carboxylic acids is 1. The minimum atomic E-state index is -0.129. The fourth-order valence-electron chi connectivity index (χ4n) is 8.98. The molecule has 5 aliphatic rings. The fraction of sp³-hybridized carbons (Fsp3) is 0.800. The van der Waals surface area contributed by atoms with Crippen LogP contribution in [0.4, 0.5) is 0 Å². The first kappa shape index (κ1) is 18.2. The number of rotatable bonds is 1. The monoisotopic (exact) mass is 368 g/mol. The van der Waals surface area contributed by atoms with Crippen LogP contribution < -0.4 is 0 Å². The first-order valence-corrected chi connectivity index (χ1v) is 11.4. The Labute approximate surface area is 164 Å². The summed E-state index contributed by atoms with van der Waals surface area (Å²) in [5.41, 5.74) is 1.90. The van der Waals surface area contributed by atoms with Gasteiger partial charge in [0.25, 0.3) is 0 Å². The highest BCUT2D eigenvalue weighted by atomic mass is 16.3. The molecule has 0 heterocycles. The van der Waals surface area contributed by atoms with Crippen molar-refractivity contribution in [3.8, 4) is 0 Å². The summed E-state index contributed by atoms with van der Waals surface area (Å²) in [5, 5.41) is 10.2. The van der Waals surface area contributed by atoms with Crippen molar-refractivity contribution in [1.29, 1.82) is 0 Å². The zero-order valence-corrected chi connectivity index (χ0v) is 17.3. The average Bonchev–Trinajstić information content (AvgIpc) is 2.92. The van der Waals surface area contributed by atoms with Gasteiger partial charge in [-0.2, -0.15) is 0 Å². The number of Topliss-reactive ketones (excluding diaryl/α,β-unsaturated/α-hetero) is 1. The van der Waals surface area contributed by atoms with E-state index >= 15 is 0 Å². The molecule has 148 valence electrons. The van der Waals surface area contributed by atoms with Crippen LogP contribution >= 0.6 is 0 Å². The Balaban J connectivity index is 1.54. The van der Waals surface area contributed by atoms with Gasteiger partial charge in [0.05, 0.1) is 6.10 Å². The highest BCUT2D eigenvalue weighted by Gasteiger charge is 2.68. The van der Waals surface area contributed by atoms with Gasteiger partial charge in [-0.3, -0.25) is 4.79 Å². The molecular formula is C25H36O2. The molecule has 0 aromatic rings. The Morgan fingerprint density at radius 1 is 1.11 bits per heavy atom. The van der Waals surface area contributed by atoms with E-state index in [1.165, 1.54) is 25.7 Å². The number of fused-ring (bicyclic) bond motifs is 7. The van der Waals surface area contributed by atoms with Crippen molar-refractivity contribution in [1.82, 2.24) is 0 Å². The normalized spacial score (nSPS) is 53.6. The molecule has 5 rings (SSSR count). The minimum Gasteiger partial charge on any atom is -0.393 e. The summed E-state index contributed by atoms with van der Waals surface area (Å²) >= 11 is 0. The second kappa shape index (κ2) is 5.81. The van der Waals surface area contributed by atoms with Crippen molar-refractivity contribution in [2.24, 2.45) is 39.9 Å². The van der Waals surface area contributed by atoms with Crippen molar-refractivity contribution in [2.75, 3.05) is 0 Å². The van der Waals surface area contributed by atoms with Crippen LogP contribution in [-0.2, 0) is 4.79 Å². The maximum atomic E-state index is 13.1. The standard InChI is InChI=1S/C25H36O2/c1-16(26)25-11-5-4-6-18(25)15-22-20-8-7-17-14-19(27)9-12-23(17,2)21(20)10-13-24(22,25)3/h4-5,7,18-22,27H,6,8-15H2,1-3H3/t18-,19+,20-,21+,22+,23+,24+,25-/m1/s1. The van der Waals surface area contributed by atoms with Gasteiger partial charge in [0.15, 0.2) is 0 Å². The van der Waals surface area contributed by atoms with Gasteiger partial charge >= 0.3 is 0 Å². The predicted molar refractivity (Wildman–Crippen MR) is 108 cm³/mol. The van der Waals surface area contributed by atoms with Crippen molar-refractivity contribution in [3.63, 3.8) is 0 Å².